The second kappa shape index (κ2) is 38.5. The number of carbonyl (C=O) groups is 2. The van der Waals surface area contributed by atoms with E-state index in [4.69, 9.17) is 18.5 Å². The van der Waals surface area contributed by atoms with Crippen molar-refractivity contribution < 1.29 is 63.1 Å². The first kappa shape index (κ1) is 58.3. The summed E-state index contributed by atoms with van der Waals surface area (Å²) in [5.41, 5.74) is 0. The molecule has 0 amide bonds. The van der Waals surface area contributed by atoms with Gasteiger partial charge in [0.15, 0.2) is 6.10 Å². The average Bonchev–Trinajstić information content (AvgIpc) is 3.26. The van der Waals surface area contributed by atoms with E-state index in [0.717, 1.165) is 57.8 Å². The number of hydrogen-bond acceptors (Lipinski definition) is 12. The van der Waals surface area contributed by atoms with Crippen LogP contribution in [0.2, 0.25) is 0 Å². The number of phosphoric ester groups is 1. The van der Waals surface area contributed by atoms with E-state index in [1.54, 1.807) is 0 Å². The maximum Gasteiger partial charge on any atom is 0.472 e. The predicted molar refractivity (Wildman–Crippen MR) is 249 cm³/mol. The largest absolute Gasteiger partial charge is 0.472 e. The fourth-order valence-electron chi connectivity index (χ4n) is 6.78. The molecule has 0 spiro atoms. The maximum atomic E-state index is 12.8. The molecule has 1 aliphatic rings. The van der Waals surface area contributed by atoms with E-state index in [1.807, 2.05) is 18.2 Å². The third-order valence-corrected chi connectivity index (χ3v) is 11.6. The summed E-state index contributed by atoms with van der Waals surface area (Å²) >= 11 is 0. The zero-order valence-corrected chi connectivity index (χ0v) is 39.2. The third-order valence-electron chi connectivity index (χ3n) is 10.6. The number of ether oxygens (including phenoxy) is 2. The van der Waals surface area contributed by atoms with Crippen LogP contribution in [0, 0.1) is 0 Å². The van der Waals surface area contributed by atoms with Crippen molar-refractivity contribution in [2.45, 2.75) is 211 Å². The average molecular weight is 911 g/mol. The molecule has 0 aliphatic heterocycles. The first-order valence-electron chi connectivity index (χ1n) is 23.7. The molecule has 8 atom stereocenters. The van der Waals surface area contributed by atoms with Crippen molar-refractivity contribution in [3.05, 3.63) is 72.9 Å². The van der Waals surface area contributed by atoms with Gasteiger partial charge in [0.05, 0.1) is 6.61 Å². The maximum absolute atomic E-state index is 12.8. The molecule has 14 heteroatoms. The van der Waals surface area contributed by atoms with Gasteiger partial charge >= 0.3 is 19.8 Å². The SMILES string of the molecule is CCC=CCC=CCC=CCC=CCC=CCC=CCCC(=O)OC[C@H](COP(=O)(O)OC1C(O)C(O)C(O)[C@@H](O)C1O)OC(=O)CCCCCCCCCCCCCCCCC. The molecule has 63 heavy (non-hydrogen) atoms. The zero-order valence-electron chi connectivity index (χ0n) is 38.3. The number of allylic oxidation sites excluding steroid dienone is 12. The molecule has 362 valence electrons. The first-order valence-corrected chi connectivity index (χ1v) is 25.2. The lowest BCUT2D eigenvalue weighted by molar-refractivity contribution is -0.220. The van der Waals surface area contributed by atoms with Gasteiger partial charge in [0, 0.05) is 12.8 Å². The van der Waals surface area contributed by atoms with Crippen molar-refractivity contribution in [2.75, 3.05) is 13.2 Å². The summed E-state index contributed by atoms with van der Waals surface area (Å²) in [5, 5.41) is 50.2. The van der Waals surface area contributed by atoms with Crippen molar-refractivity contribution in [1.82, 2.24) is 0 Å². The van der Waals surface area contributed by atoms with E-state index < -0.39 is 75.7 Å². The minimum Gasteiger partial charge on any atom is -0.462 e. The van der Waals surface area contributed by atoms with E-state index in [2.05, 4.69) is 68.5 Å². The molecule has 0 radical (unpaired) electrons. The lowest BCUT2D eigenvalue weighted by Crippen LogP contribution is -2.64. The first-order chi connectivity index (χ1) is 30.4. The summed E-state index contributed by atoms with van der Waals surface area (Å²) in [6.07, 6.45) is 35.4. The van der Waals surface area contributed by atoms with Gasteiger partial charge < -0.3 is 39.9 Å². The number of phosphoric acid groups is 1. The van der Waals surface area contributed by atoms with Crippen LogP contribution in [0.1, 0.15) is 168 Å². The molecule has 1 fully saturated rings. The van der Waals surface area contributed by atoms with Gasteiger partial charge in [-0.15, -0.1) is 0 Å². The summed E-state index contributed by atoms with van der Waals surface area (Å²) in [7, 11) is -5.14. The van der Waals surface area contributed by atoms with Crippen molar-refractivity contribution in [2.24, 2.45) is 0 Å². The summed E-state index contributed by atoms with van der Waals surface area (Å²) in [4.78, 5) is 35.7. The van der Waals surface area contributed by atoms with Gasteiger partial charge in [-0.2, -0.15) is 0 Å². The molecule has 0 aromatic rings. The van der Waals surface area contributed by atoms with Gasteiger partial charge in [0.25, 0.3) is 0 Å². The van der Waals surface area contributed by atoms with E-state index in [1.165, 1.54) is 64.2 Å². The highest BCUT2D eigenvalue weighted by Gasteiger charge is 2.51. The monoisotopic (exact) mass is 911 g/mol. The molecule has 0 aromatic heterocycles. The number of aliphatic hydroxyl groups is 5. The standard InChI is InChI=1S/C49H83O13P/c1-3-5-7-9-11-13-15-17-19-20-21-22-24-25-27-29-31-33-35-37-42(50)59-39-41(40-60-63(57,58)62-49-47(55)45(53)44(52)46(54)48(49)56)61-43(51)38-36-34-32-30-28-26-23-18-16-14-12-10-8-6-4-2/h5,7,11,13,17,19,21-22,25,27,31,33,41,44-49,52-56H,3-4,6,8-10,12,14-16,18,20,23-24,26,28-30,32,34-40H2,1-2H3,(H,57,58)/t41-,44?,45-,46?,47?,48?,49?/m1/s1. The third kappa shape index (κ3) is 31.0. The number of rotatable bonds is 38. The molecule has 1 rings (SSSR count). The molecule has 0 saturated heterocycles. The van der Waals surface area contributed by atoms with Crippen LogP contribution in [0.25, 0.3) is 0 Å². The van der Waals surface area contributed by atoms with Crippen molar-refractivity contribution in [1.29, 1.82) is 0 Å². The van der Waals surface area contributed by atoms with Crippen LogP contribution in [0.3, 0.4) is 0 Å². The van der Waals surface area contributed by atoms with E-state index in [9.17, 15) is 44.6 Å². The van der Waals surface area contributed by atoms with Gasteiger partial charge in [-0.25, -0.2) is 4.57 Å². The number of unbranched alkanes of at least 4 members (excludes halogenated alkanes) is 14. The van der Waals surface area contributed by atoms with Gasteiger partial charge in [0.1, 0.15) is 43.2 Å². The quantitative estimate of drug-likeness (QED) is 0.0148. The van der Waals surface area contributed by atoms with Gasteiger partial charge in [0.2, 0.25) is 0 Å². The molecule has 1 saturated carbocycles. The molecule has 0 bridgehead atoms. The Morgan fingerprint density at radius 3 is 1.35 bits per heavy atom. The van der Waals surface area contributed by atoms with Crippen LogP contribution in [0.5, 0.6) is 0 Å². The Morgan fingerprint density at radius 1 is 0.508 bits per heavy atom. The van der Waals surface area contributed by atoms with E-state index in [-0.39, 0.29) is 12.8 Å². The van der Waals surface area contributed by atoms with Crippen molar-refractivity contribution in [3.63, 3.8) is 0 Å². The van der Waals surface area contributed by atoms with Gasteiger partial charge in [-0.3, -0.25) is 18.6 Å². The lowest BCUT2D eigenvalue weighted by Gasteiger charge is -2.41. The van der Waals surface area contributed by atoms with E-state index in [0.29, 0.717) is 19.3 Å². The Bertz CT molecular complexity index is 1380. The van der Waals surface area contributed by atoms with Crippen LogP contribution >= 0.6 is 7.82 Å². The fourth-order valence-corrected chi connectivity index (χ4v) is 7.76. The Kier molecular flexibility index (Phi) is 35.7. The van der Waals surface area contributed by atoms with E-state index >= 15 is 0 Å². The van der Waals surface area contributed by atoms with Gasteiger partial charge in [-0.1, -0.05) is 177 Å². The molecule has 6 unspecified atom stereocenters. The molecule has 0 heterocycles. The second-order valence-corrected chi connectivity index (χ2v) is 17.6. The number of esters is 2. The Labute approximate surface area is 378 Å². The zero-order chi connectivity index (χ0) is 46.4. The van der Waals surface area contributed by atoms with Crippen LogP contribution in [0.4, 0.5) is 0 Å². The van der Waals surface area contributed by atoms with Gasteiger partial charge in [-0.05, 0) is 51.4 Å². The molecular weight excluding hydrogens is 827 g/mol. The highest BCUT2D eigenvalue weighted by Crippen LogP contribution is 2.47. The smallest absolute Gasteiger partial charge is 0.462 e. The molecule has 1 aliphatic carbocycles. The van der Waals surface area contributed by atoms with Crippen molar-refractivity contribution >= 4 is 19.8 Å². The minimum absolute atomic E-state index is 0.0401. The molecule has 13 nitrogen and oxygen atoms in total. The topological polar surface area (TPSA) is 210 Å². The lowest BCUT2D eigenvalue weighted by atomic mass is 9.85. The van der Waals surface area contributed by atoms with Crippen molar-refractivity contribution in [3.8, 4) is 0 Å². The van der Waals surface area contributed by atoms with Crippen LogP contribution < -0.4 is 0 Å². The van der Waals surface area contributed by atoms with Crippen LogP contribution in [0.15, 0.2) is 72.9 Å². The highest BCUT2D eigenvalue weighted by atomic mass is 31.2. The summed E-state index contributed by atoms with van der Waals surface area (Å²) < 4.78 is 33.5. The molecule has 6 N–H and O–H groups in total. The Hall–Kier alpha value is -2.71. The predicted octanol–water partition coefficient (Wildman–Crippen LogP) is 9.50. The normalized spacial score (nSPS) is 22.3. The molecule has 0 aromatic carbocycles. The van der Waals surface area contributed by atoms with Crippen LogP contribution in [-0.4, -0.2) is 98.3 Å². The Balaban J connectivity index is 2.50. The fraction of sp³-hybridized carbons (Fsp3) is 0.714. The minimum atomic E-state index is -5.14. The summed E-state index contributed by atoms with van der Waals surface area (Å²) in [6.45, 7) is 3.12. The van der Waals surface area contributed by atoms with Crippen LogP contribution in [-0.2, 0) is 32.7 Å². The summed E-state index contributed by atoms with van der Waals surface area (Å²) in [5.74, 6) is -1.20. The number of carbonyl (C=O) groups excluding carboxylic acids is 2. The number of hydrogen-bond donors (Lipinski definition) is 6. The molecular formula is C49H83O13P. The Morgan fingerprint density at radius 2 is 0.905 bits per heavy atom. The summed E-state index contributed by atoms with van der Waals surface area (Å²) in [6, 6.07) is 0. The number of aliphatic hydroxyl groups excluding tert-OH is 5. The highest BCUT2D eigenvalue weighted by molar-refractivity contribution is 7.47. The second-order valence-electron chi connectivity index (χ2n) is 16.2.